The third kappa shape index (κ3) is 4.35. The first-order valence-electron chi connectivity index (χ1n) is 5.81. The molecule has 0 aliphatic carbocycles. The van der Waals surface area contributed by atoms with Crippen molar-refractivity contribution < 1.29 is 18.3 Å². The zero-order valence-electron chi connectivity index (χ0n) is 11.2. The van der Waals surface area contributed by atoms with Crippen LogP contribution in [0.2, 0.25) is 0 Å². The molecule has 0 aromatic heterocycles. The Bertz CT molecular complexity index is 481. The number of ether oxygens (including phenoxy) is 1. The average molecular weight is 269 g/mol. The Morgan fingerprint density at radius 3 is 2.47 bits per heavy atom. The van der Waals surface area contributed by atoms with Crippen LogP contribution in [0.4, 0.5) is 19.3 Å². The van der Waals surface area contributed by atoms with Crippen molar-refractivity contribution in [3.63, 3.8) is 0 Å². The lowest BCUT2D eigenvalue weighted by molar-refractivity contribution is 0.0584. The van der Waals surface area contributed by atoms with Gasteiger partial charge < -0.3 is 4.74 Å². The van der Waals surface area contributed by atoms with Crippen LogP contribution in [0, 0.1) is 11.6 Å². The Morgan fingerprint density at radius 2 is 2.00 bits per heavy atom. The van der Waals surface area contributed by atoms with Gasteiger partial charge in [-0.1, -0.05) is 6.08 Å². The predicted molar refractivity (Wildman–Crippen MR) is 70.1 cm³/mol. The van der Waals surface area contributed by atoms with Gasteiger partial charge in [0.15, 0.2) is 11.6 Å². The first-order chi connectivity index (χ1) is 8.74. The number of anilines is 1. The van der Waals surface area contributed by atoms with E-state index in [0.717, 1.165) is 12.1 Å². The van der Waals surface area contributed by atoms with Gasteiger partial charge in [0.1, 0.15) is 5.60 Å². The lowest BCUT2D eigenvalue weighted by atomic mass is 10.2. The van der Waals surface area contributed by atoms with Gasteiger partial charge in [-0.05, 0) is 32.9 Å². The van der Waals surface area contributed by atoms with Crippen LogP contribution < -0.4 is 4.90 Å². The lowest BCUT2D eigenvalue weighted by Gasteiger charge is -2.26. The van der Waals surface area contributed by atoms with E-state index in [0.29, 0.717) is 0 Å². The molecule has 0 fully saturated rings. The van der Waals surface area contributed by atoms with Crippen molar-refractivity contribution in [2.45, 2.75) is 26.4 Å². The van der Waals surface area contributed by atoms with Crippen molar-refractivity contribution in [1.29, 1.82) is 0 Å². The van der Waals surface area contributed by atoms with E-state index in [1.54, 1.807) is 20.8 Å². The van der Waals surface area contributed by atoms with Crippen molar-refractivity contribution in [3.8, 4) is 0 Å². The van der Waals surface area contributed by atoms with Crippen molar-refractivity contribution in [2.75, 3.05) is 11.4 Å². The zero-order valence-corrected chi connectivity index (χ0v) is 11.2. The summed E-state index contributed by atoms with van der Waals surface area (Å²) in [4.78, 5) is 13.2. The standard InChI is InChI=1S/C14H17F2NO2/c1-5-8-17(13(18)19-14(2,3)4)10-6-7-11(15)12(16)9-10/h5-7,9H,1,8H2,2-4H3. The van der Waals surface area contributed by atoms with Gasteiger partial charge in [-0.3, -0.25) is 4.90 Å². The summed E-state index contributed by atoms with van der Waals surface area (Å²) in [6, 6.07) is 3.22. The number of carbonyl (C=O) groups is 1. The van der Waals surface area contributed by atoms with E-state index in [9.17, 15) is 13.6 Å². The van der Waals surface area contributed by atoms with Crippen LogP contribution in [0.5, 0.6) is 0 Å². The highest BCUT2D eigenvalue weighted by Crippen LogP contribution is 2.20. The summed E-state index contributed by atoms with van der Waals surface area (Å²) in [5, 5.41) is 0. The number of benzene rings is 1. The number of hydrogen-bond donors (Lipinski definition) is 0. The van der Waals surface area contributed by atoms with E-state index >= 15 is 0 Å². The predicted octanol–water partition coefficient (Wildman–Crippen LogP) is 3.89. The topological polar surface area (TPSA) is 29.5 Å². The molecule has 0 aliphatic heterocycles. The second kappa shape index (κ2) is 5.82. The molecule has 0 aliphatic rings. The van der Waals surface area contributed by atoms with Gasteiger partial charge in [0.05, 0.1) is 5.69 Å². The van der Waals surface area contributed by atoms with Gasteiger partial charge in [-0.2, -0.15) is 0 Å². The minimum atomic E-state index is -1.02. The lowest BCUT2D eigenvalue weighted by Crippen LogP contribution is -2.37. The van der Waals surface area contributed by atoms with Crippen LogP contribution in [-0.2, 0) is 4.74 Å². The van der Waals surface area contributed by atoms with Crippen molar-refractivity contribution >= 4 is 11.8 Å². The third-order valence-corrected chi connectivity index (χ3v) is 2.14. The van der Waals surface area contributed by atoms with Gasteiger partial charge in [-0.15, -0.1) is 6.58 Å². The fraction of sp³-hybridized carbons (Fsp3) is 0.357. The quantitative estimate of drug-likeness (QED) is 0.779. The summed E-state index contributed by atoms with van der Waals surface area (Å²) in [5.41, 5.74) is -0.456. The second-order valence-corrected chi connectivity index (χ2v) is 4.98. The summed E-state index contributed by atoms with van der Waals surface area (Å²) < 4.78 is 31.3. The Hall–Kier alpha value is -1.91. The van der Waals surface area contributed by atoms with Gasteiger partial charge in [0.2, 0.25) is 0 Å². The fourth-order valence-corrected chi connectivity index (χ4v) is 1.38. The maximum absolute atomic E-state index is 13.2. The zero-order chi connectivity index (χ0) is 14.6. The molecule has 0 atom stereocenters. The maximum Gasteiger partial charge on any atom is 0.415 e. The van der Waals surface area contributed by atoms with Crippen LogP contribution >= 0.6 is 0 Å². The first-order valence-corrected chi connectivity index (χ1v) is 5.81. The van der Waals surface area contributed by atoms with Crippen LogP contribution in [0.15, 0.2) is 30.9 Å². The molecule has 0 unspecified atom stereocenters. The van der Waals surface area contributed by atoms with Crippen molar-refractivity contribution in [1.82, 2.24) is 0 Å². The fourth-order valence-electron chi connectivity index (χ4n) is 1.38. The summed E-state index contributed by atoms with van der Waals surface area (Å²) in [7, 11) is 0. The third-order valence-electron chi connectivity index (χ3n) is 2.14. The molecule has 1 rings (SSSR count). The van der Waals surface area contributed by atoms with Crippen LogP contribution in [-0.4, -0.2) is 18.2 Å². The molecule has 1 aromatic rings. The molecule has 0 bridgehead atoms. The highest BCUT2D eigenvalue weighted by molar-refractivity contribution is 5.88. The number of amides is 1. The number of nitrogens with zero attached hydrogens (tertiary/aromatic N) is 1. The Balaban J connectivity index is 3.02. The number of halogens is 2. The normalized spacial score (nSPS) is 11.0. The van der Waals surface area contributed by atoms with Gasteiger partial charge in [-0.25, -0.2) is 13.6 Å². The Morgan fingerprint density at radius 1 is 1.37 bits per heavy atom. The van der Waals surface area contributed by atoms with Crippen molar-refractivity contribution in [2.24, 2.45) is 0 Å². The minimum Gasteiger partial charge on any atom is -0.443 e. The molecule has 1 aromatic carbocycles. The SMILES string of the molecule is C=CCN(C(=O)OC(C)(C)C)c1ccc(F)c(F)c1. The molecule has 0 heterocycles. The van der Waals surface area contributed by atoms with Crippen LogP contribution in [0.3, 0.4) is 0 Å². The summed E-state index contributed by atoms with van der Waals surface area (Å²) in [6.07, 6.45) is 0.837. The molecule has 0 saturated carbocycles. The molecule has 3 nitrogen and oxygen atoms in total. The molecule has 104 valence electrons. The van der Waals surface area contributed by atoms with Crippen molar-refractivity contribution in [3.05, 3.63) is 42.5 Å². The van der Waals surface area contributed by atoms with E-state index in [1.807, 2.05) is 0 Å². The summed E-state index contributed by atoms with van der Waals surface area (Å²) in [6.45, 7) is 8.84. The summed E-state index contributed by atoms with van der Waals surface area (Å²) in [5.74, 6) is -1.98. The molecule has 0 spiro atoms. The van der Waals surface area contributed by atoms with E-state index in [1.165, 1.54) is 17.0 Å². The smallest absolute Gasteiger partial charge is 0.415 e. The van der Waals surface area contributed by atoms with E-state index in [4.69, 9.17) is 4.74 Å². The van der Waals surface area contributed by atoms with E-state index < -0.39 is 23.3 Å². The van der Waals surface area contributed by atoms with Gasteiger partial charge in [0, 0.05) is 12.6 Å². The van der Waals surface area contributed by atoms with E-state index in [-0.39, 0.29) is 12.2 Å². The number of rotatable bonds is 3. The second-order valence-electron chi connectivity index (χ2n) is 4.98. The molecule has 5 heteroatoms. The molecular weight excluding hydrogens is 252 g/mol. The number of hydrogen-bond acceptors (Lipinski definition) is 2. The molecule has 0 radical (unpaired) electrons. The first kappa shape index (κ1) is 15.1. The average Bonchev–Trinajstić information content (AvgIpc) is 2.27. The highest BCUT2D eigenvalue weighted by atomic mass is 19.2. The van der Waals surface area contributed by atoms with Gasteiger partial charge >= 0.3 is 6.09 Å². The monoisotopic (exact) mass is 269 g/mol. The number of carbonyl (C=O) groups excluding carboxylic acids is 1. The van der Waals surface area contributed by atoms with Gasteiger partial charge in [0.25, 0.3) is 0 Å². The van der Waals surface area contributed by atoms with Crippen LogP contribution in [0.1, 0.15) is 20.8 Å². The molecule has 0 N–H and O–H groups in total. The molecule has 19 heavy (non-hydrogen) atoms. The summed E-state index contributed by atoms with van der Waals surface area (Å²) >= 11 is 0. The minimum absolute atomic E-state index is 0.139. The highest BCUT2D eigenvalue weighted by Gasteiger charge is 2.23. The molecule has 0 saturated heterocycles. The molecule has 1 amide bonds. The molecular formula is C14H17F2NO2. The Kier molecular flexibility index (Phi) is 4.64. The van der Waals surface area contributed by atoms with E-state index in [2.05, 4.69) is 6.58 Å². The largest absolute Gasteiger partial charge is 0.443 e. The Labute approximate surface area is 111 Å². The van der Waals surface area contributed by atoms with Crippen LogP contribution in [0.25, 0.3) is 0 Å². The maximum atomic E-state index is 13.2.